The lowest BCUT2D eigenvalue weighted by molar-refractivity contribution is 0.0940. The van der Waals surface area contributed by atoms with Crippen molar-refractivity contribution in [1.29, 1.82) is 5.26 Å². The van der Waals surface area contributed by atoms with Gasteiger partial charge in [-0.3, -0.25) is 4.79 Å². The molecule has 6 heteroatoms. The van der Waals surface area contributed by atoms with Gasteiger partial charge in [-0.1, -0.05) is 44.2 Å². The van der Waals surface area contributed by atoms with Crippen molar-refractivity contribution in [3.05, 3.63) is 76.9 Å². The van der Waals surface area contributed by atoms with E-state index in [4.69, 9.17) is 5.26 Å². The van der Waals surface area contributed by atoms with Gasteiger partial charge >= 0.3 is 0 Å². The van der Waals surface area contributed by atoms with Gasteiger partial charge in [0.05, 0.1) is 17.3 Å². The van der Waals surface area contributed by atoms with Crippen LogP contribution >= 0.6 is 0 Å². The SMILES string of the molecule is Cc1nc(C(=O)NCc2cccc(C#N)c2)nn1-c1ccccc1C(C)C. The maximum atomic E-state index is 12.5. The second kappa shape index (κ2) is 7.83. The fourth-order valence-electron chi connectivity index (χ4n) is 2.90. The van der Waals surface area contributed by atoms with E-state index >= 15 is 0 Å². The van der Waals surface area contributed by atoms with Crippen LogP contribution in [-0.2, 0) is 6.54 Å². The van der Waals surface area contributed by atoms with Crippen LogP contribution in [0.2, 0.25) is 0 Å². The van der Waals surface area contributed by atoms with E-state index in [0.717, 1.165) is 16.8 Å². The number of nitrogens with one attached hydrogen (secondary N) is 1. The predicted molar refractivity (Wildman–Crippen MR) is 103 cm³/mol. The maximum Gasteiger partial charge on any atom is 0.291 e. The van der Waals surface area contributed by atoms with E-state index in [9.17, 15) is 4.79 Å². The third kappa shape index (κ3) is 4.04. The Balaban J connectivity index is 1.80. The van der Waals surface area contributed by atoms with Gasteiger partial charge in [-0.05, 0) is 42.2 Å². The van der Waals surface area contributed by atoms with Crippen LogP contribution in [0.5, 0.6) is 0 Å². The topological polar surface area (TPSA) is 83.6 Å². The first kappa shape index (κ1) is 18.3. The van der Waals surface area contributed by atoms with E-state index in [2.05, 4.69) is 41.4 Å². The number of amides is 1. The predicted octanol–water partition coefficient (Wildman–Crippen LogP) is 3.50. The summed E-state index contributed by atoms with van der Waals surface area (Å²) in [7, 11) is 0. The van der Waals surface area contributed by atoms with Crippen molar-refractivity contribution in [2.75, 3.05) is 0 Å². The molecule has 3 aromatic rings. The van der Waals surface area contributed by atoms with Crippen molar-refractivity contribution < 1.29 is 4.79 Å². The summed E-state index contributed by atoms with van der Waals surface area (Å²) >= 11 is 0. The molecule has 136 valence electrons. The Bertz CT molecular complexity index is 1010. The Morgan fingerprint density at radius 1 is 1.22 bits per heavy atom. The Kier molecular flexibility index (Phi) is 5.32. The van der Waals surface area contributed by atoms with Crippen molar-refractivity contribution in [1.82, 2.24) is 20.1 Å². The van der Waals surface area contributed by atoms with Gasteiger partial charge in [-0.15, -0.1) is 5.10 Å². The van der Waals surface area contributed by atoms with Crippen LogP contribution in [0, 0.1) is 18.3 Å². The first-order chi connectivity index (χ1) is 13.0. The summed E-state index contributed by atoms with van der Waals surface area (Å²) in [6.07, 6.45) is 0. The molecule has 0 aliphatic rings. The molecule has 0 radical (unpaired) electrons. The minimum atomic E-state index is -0.346. The third-order valence-corrected chi connectivity index (χ3v) is 4.27. The highest BCUT2D eigenvalue weighted by atomic mass is 16.2. The Morgan fingerprint density at radius 2 is 2.00 bits per heavy atom. The monoisotopic (exact) mass is 359 g/mol. The van der Waals surface area contributed by atoms with Gasteiger partial charge in [0.25, 0.3) is 5.91 Å². The summed E-state index contributed by atoms with van der Waals surface area (Å²) in [5.41, 5.74) is 3.48. The zero-order chi connectivity index (χ0) is 19.4. The van der Waals surface area contributed by atoms with Crippen molar-refractivity contribution in [3.63, 3.8) is 0 Å². The summed E-state index contributed by atoms with van der Waals surface area (Å²) in [6.45, 7) is 6.38. The molecule has 1 aromatic heterocycles. The molecule has 0 spiro atoms. The molecule has 1 heterocycles. The molecule has 0 atom stereocenters. The number of aromatic nitrogens is 3. The summed E-state index contributed by atoms with van der Waals surface area (Å²) in [6, 6.07) is 17.2. The number of hydrogen-bond donors (Lipinski definition) is 1. The molecular formula is C21H21N5O. The van der Waals surface area contributed by atoms with Gasteiger partial charge in [0.15, 0.2) is 0 Å². The number of benzene rings is 2. The molecule has 0 unspecified atom stereocenters. The van der Waals surface area contributed by atoms with Crippen molar-refractivity contribution >= 4 is 5.91 Å². The molecule has 0 aliphatic carbocycles. The first-order valence-corrected chi connectivity index (χ1v) is 8.79. The largest absolute Gasteiger partial charge is 0.345 e. The van der Waals surface area contributed by atoms with Gasteiger partial charge in [0.2, 0.25) is 5.82 Å². The Labute approximate surface area is 158 Å². The lowest BCUT2D eigenvalue weighted by atomic mass is 10.0. The number of carbonyl (C=O) groups excluding carboxylic acids is 1. The molecule has 0 fully saturated rings. The van der Waals surface area contributed by atoms with Crippen molar-refractivity contribution in [2.45, 2.75) is 33.2 Å². The van der Waals surface area contributed by atoms with E-state index in [1.807, 2.05) is 31.2 Å². The average molecular weight is 359 g/mol. The number of hydrogen-bond acceptors (Lipinski definition) is 4. The lowest BCUT2D eigenvalue weighted by Gasteiger charge is -2.12. The lowest BCUT2D eigenvalue weighted by Crippen LogP contribution is -2.24. The first-order valence-electron chi connectivity index (χ1n) is 8.79. The summed E-state index contributed by atoms with van der Waals surface area (Å²) in [5.74, 6) is 0.762. The normalized spacial score (nSPS) is 10.6. The fourth-order valence-corrected chi connectivity index (χ4v) is 2.90. The number of carbonyl (C=O) groups is 1. The van der Waals surface area contributed by atoms with Crippen LogP contribution in [0.25, 0.3) is 5.69 Å². The smallest absolute Gasteiger partial charge is 0.291 e. The van der Waals surface area contributed by atoms with E-state index in [1.165, 1.54) is 0 Å². The second-order valence-electron chi connectivity index (χ2n) is 6.60. The van der Waals surface area contributed by atoms with Crippen LogP contribution in [0.1, 0.15) is 52.9 Å². The summed E-state index contributed by atoms with van der Waals surface area (Å²) < 4.78 is 1.71. The highest BCUT2D eigenvalue weighted by Crippen LogP contribution is 2.23. The molecular weight excluding hydrogens is 338 g/mol. The molecule has 0 saturated heterocycles. The van der Waals surface area contributed by atoms with Gasteiger partial charge in [0, 0.05) is 6.54 Å². The number of para-hydroxylation sites is 1. The van der Waals surface area contributed by atoms with Crippen LogP contribution < -0.4 is 5.32 Å². The van der Waals surface area contributed by atoms with E-state index in [1.54, 1.807) is 22.9 Å². The third-order valence-electron chi connectivity index (χ3n) is 4.27. The molecule has 3 rings (SSSR count). The van der Waals surface area contributed by atoms with E-state index < -0.39 is 0 Å². The number of nitriles is 1. The van der Waals surface area contributed by atoms with Gasteiger partial charge in [0.1, 0.15) is 5.82 Å². The van der Waals surface area contributed by atoms with Crippen molar-refractivity contribution in [3.8, 4) is 11.8 Å². The molecule has 27 heavy (non-hydrogen) atoms. The average Bonchev–Trinajstić information content (AvgIpc) is 3.07. The molecule has 1 amide bonds. The van der Waals surface area contributed by atoms with Gasteiger partial charge in [-0.25, -0.2) is 9.67 Å². The Hall–Kier alpha value is -3.46. The van der Waals surface area contributed by atoms with Crippen LogP contribution in [-0.4, -0.2) is 20.7 Å². The molecule has 0 saturated carbocycles. The van der Waals surface area contributed by atoms with E-state index in [0.29, 0.717) is 23.9 Å². The maximum absolute atomic E-state index is 12.5. The van der Waals surface area contributed by atoms with Crippen LogP contribution in [0.4, 0.5) is 0 Å². The van der Waals surface area contributed by atoms with Gasteiger partial charge < -0.3 is 5.32 Å². The Morgan fingerprint density at radius 3 is 2.74 bits per heavy atom. The van der Waals surface area contributed by atoms with Gasteiger partial charge in [-0.2, -0.15) is 5.26 Å². The highest BCUT2D eigenvalue weighted by molar-refractivity contribution is 5.90. The zero-order valence-electron chi connectivity index (χ0n) is 15.6. The van der Waals surface area contributed by atoms with Crippen LogP contribution in [0.3, 0.4) is 0 Å². The summed E-state index contributed by atoms with van der Waals surface area (Å²) in [4.78, 5) is 16.8. The minimum absolute atomic E-state index is 0.127. The van der Waals surface area contributed by atoms with E-state index in [-0.39, 0.29) is 11.7 Å². The second-order valence-corrected chi connectivity index (χ2v) is 6.60. The molecule has 0 aliphatic heterocycles. The minimum Gasteiger partial charge on any atom is -0.345 e. The molecule has 2 aromatic carbocycles. The molecule has 6 nitrogen and oxygen atoms in total. The molecule has 1 N–H and O–H groups in total. The number of rotatable bonds is 5. The highest BCUT2D eigenvalue weighted by Gasteiger charge is 2.17. The zero-order valence-corrected chi connectivity index (χ0v) is 15.6. The number of nitrogens with zero attached hydrogens (tertiary/aromatic N) is 4. The van der Waals surface area contributed by atoms with Crippen LogP contribution in [0.15, 0.2) is 48.5 Å². The summed E-state index contributed by atoms with van der Waals surface area (Å²) in [5, 5.41) is 16.2. The molecule has 0 bridgehead atoms. The fraction of sp³-hybridized carbons (Fsp3) is 0.238. The standard InChI is InChI=1S/C21H21N5O/c1-14(2)18-9-4-5-10-19(18)26-15(3)24-20(25-26)21(27)23-13-17-8-6-7-16(11-17)12-22/h4-11,14H,13H2,1-3H3,(H,23,27). The number of aryl methyl sites for hydroxylation is 1. The van der Waals surface area contributed by atoms with Crippen molar-refractivity contribution in [2.24, 2.45) is 0 Å². The quantitative estimate of drug-likeness (QED) is 0.756.